The molecular weight excluding hydrogens is 1140 g/mol. The van der Waals surface area contributed by atoms with Crippen molar-refractivity contribution in [1.82, 2.24) is 0 Å². The van der Waals surface area contributed by atoms with Gasteiger partial charge in [0.2, 0.25) is 0 Å². The molecule has 78 heavy (non-hydrogen) atoms. The maximum absolute atomic E-state index is 11.3. The SMILES string of the molecule is OC[C@H]1O[C@@H]2O[C@H]3[C@H](O)[C@@H](O)[C@@H](O[C@H]4[C@H](O)[C@@H](O)[C@@H](O[C@H]5[C@H](O)[C@@H](O)[C@@H](O[C@H]6[C@H](O)[C@@H](O)[C@@H](O[C@H]7[C@H](O)[C@@H](O)[C@@H](O[C@H]8[C@H](O)[C@@H](O)[C@@H](O[C@H]1[C@H](O)[C@H]2O)O[C@@H]8CO)O[C@@H]7CO)O[C@@H]6CO)O[C@@H]5CO)O[C@@H]4CO)O[C@@H]3CO.[AsH3]. The molecule has 1 unspecified atom stereocenters. The van der Waals surface area contributed by atoms with Crippen LogP contribution in [0.3, 0.4) is 0 Å². The van der Waals surface area contributed by atoms with Crippen molar-refractivity contribution in [2.75, 3.05) is 46.2 Å². The molecule has 0 saturated carbocycles. The van der Waals surface area contributed by atoms with E-state index < -0.39 is 261 Å². The minimum absolute atomic E-state index is 0. The van der Waals surface area contributed by atoms with Gasteiger partial charge in [-0.2, -0.15) is 0 Å². The molecule has 21 N–H and O–H groups in total. The maximum atomic E-state index is 11.3. The van der Waals surface area contributed by atoms with Gasteiger partial charge in [0, 0.05) is 0 Å². The van der Waals surface area contributed by atoms with Crippen LogP contribution in [0.25, 0.3) is 0 Å². The van der Waals surface area contributed by atoms with Gasteiger partial charge in [-0.25, -0.2) is 0 Å². The van der Waals surface area contributed by atoms with Gasteiger partial charge >= 0.3 is 18.0 Å². The Bertz CT molecular complexity index is 1470. The zero-order valence-electron chi connectivity index (χ0n) is 41.0. The van der Waals surface area contributed by atoms with Gasteiger partial charge in [0.25, 0.3) is 0 Å². The first-order valence-corrected chi connectivity index (χ1v) is 24.6. The molecule has 21 fully saturated rings. The van der Waals surface area contributed by atoms with Crippen LogP contribution in [0.15, 0.2) is 0 Å². The quantitative estimate of drug-likeness (QED) is 0.105. The van der Waals surface area contributed by atoms with Crippen LogP contribution in [0.2, 0.25) is 0 Å². The molecule has 0 aliphatic carbocycles. The van der Waals surface area contributed by atoms with E-state index in [-0.39, 0.29) is 18.0 Å². The zero-order valence-corrected chi connectivity index (χ0v) is 43.9. The first-order chi connectivity index (χ1) is 36.7. The fraction of sp³-hybridized carbons (Fsp3) is 1.00. The summed E-state index contributed by atoms with van der Waals surface area (Å²) < 4.78 is 79.5. The summed E-state index contributed by atoms with van der Waals surface area (Å²) in [5.41, 5.74) is 0. The molecule has 0 amide bonds. The topological polar surface area (TPSA) is 554 Å². The van der Waals surface area contributed by atoms with Crippen molar-refractivity contribution in [3.8, 4) is 0 Å². The molecule has 14 bridgehead atoms. The van der Waals surface area contributed by atoms with Crippen LogP contribution in [-0.4, -0.2) is 386 Å². The standard InChI is InChI=1S/C42H70O35.AsH3/c43-1-8-29-15(50)22(57)36(64-8)72-30-9(2-44)66-38(24(59)17(30)52)74-32-11(4-46)68-40(26(61)19(32)54)76-34-13(6-48)70-42(28(63)21(34)56)77-35-14(7-49)69-41(27(62)20(35)55)75-33-12(5-47)67-39(25(60)18(33)53)73-31-10(3-45)65-37(71-29)23(58)16(31)51;/h8-63H,1-7H2;1H3/t8-,9-,10-,11-,12-,13-,14-,15-,16-,17-,18-,19-,20-,21-,22-,23-,24-,25-,26-,27-,28-,29-,30-,31-,32-,33-,34-,35-,36-,37-,38-,39-,40-,41-,42-;/m1./s1. The Morgan fingerprint density at radius 1 is 0.167 bits per heavy atom. The Balaban J connectivity index is 0.00000882. The molecule has 35 nitrogen and oxygen atoms in total. The van der Waals surface area contributed by atoms with Crippen molar-refractivity contribution in [2.24, 2.45) is 0 Å². The third-order valence-corrected chi connectivity index (χ3v) is 14.8. The van der Waals surface area contributed by atoms with E-state index in [4.69, 9.17) is 66.3 Å². The Kier molecular flexibility index (Phi) is 22.8. The Hall–Kier alpha value is -0.842. The molecule has 21 saturated heterocycles. The van der Waals surface area contributed by atoms with E-state index in [1.54, 1.807) is 0 Å². The molecule has 0 aromatic heterocycles. The van der Waals surface area contributed by atoms with Crippen molar-refractivity contribution in [3.63, 3.8) is 0 Å². The second-order valence-electron chi connectivity index (χ2n) is 19.7. The summed E-state index contributed by atoms with van der Waals surface area (Å²) in [4.78, 5) is 0. The van der Waals surface area contributed by atoms with Crippen LogP contribution < -0.4 is 0 Å². The van der Waals surface area contributed by atoms with Gasteiger partial charge in [0.05, 0.1) is 46.2 Å². The molecule has 36 heteroatoms. The van der Waals surface area contributed by atoms with Crippen LogP contribution in [-0.2, 0) is 66.3 Å². The summed E-state index contributed by atoms with van der Waals surface area (Å²) in [6.45, 7) is -7.33. The molecule has 21 aliphatic rings. The first kappa shape index (κ1) is 64.7. The van der Waals surface area contributed by atoms with Crippen LogP contribution in [0.5, 0.6) is 0 Å². The van der Waals surface area contributed by atoms with E-state index in [2.05, 4.69) is 0 Å². The van der Waals surface area contributed by atoms with Gasteiger partial charge in [-0.05, 0) is 0 Å². The van der Waals surface area contributed by atoms with E-state index in [1.165, 1.54) is 0 Å². The summed E-state index contributed by atoms with van der Waals surface area (Å²) in [5, 5.41) is 230. The average Bonchev–Trinajstić information content (AvgIpc) is 3.51. The van der Waals surface area contributed by atoms with Gasteiger partial charge in [-0.15, -0.1) is 0 Å². The Labute approximate surface area is 451 Å². The van der Waals surface area contributed by atoms with Crippen molar-refractivity contribution < 1.29 is 174 Å². The Morgan fingerprint density at radius 2 is 0.269 bits per heavy atom. The fourth-order valence-corrected chi connectivity index (χ4v) is 10.4. The van der Waals surface area contributed by atoms with Crippen LogP contribution in [0.4, 0.5) is 0 Å². The van der Waals surface area contributed by atoms with E-state index in [9.17, 15) is 107 Å². The molecule has 0 radical (unpaired) electrons. The molecule has 36 atom stereocenters. The fourth-order valence-electron chi connectivity index (χ4n) is 10.4. The van der Waals surface area contributed by atoms with Crippen molar-refractivity contribution in [1.29, 1.82) is 0 Å². The average molecular weight is 1210 g/mol. The van der Waals surface area contributed by atoms with Gasteiger partial charge in [0.15, 0.2) is 44.0 Å². The third kappa shape index (κ3) is 12.6. The number of hydrogen-bond donors (Lipinski definition) is 21. The molecule has 0 aromatic carbocycles. The first-order valence-electron chi connectivity index (χ1n) is 24.6. The van der Waals surface area contributed by atoms with Gasteiger partial charge in [-0.1, -0.05) is 0 Å². The molecule has 21 aliphatic heterocycles. The molecular formula is C42H73AsO35. The number of rotatable bonds is 7. The second-order valence-corrected chi connectivity index (χ2v) is 19.7. The van der Waals surface area contributed by atoms with E-state index in [0.29, 0.717) is 0 Å². The monoisotopic (exact) mass is 1210 g/mol. The van der Waals surface area contributed by atoms with Crippen LogP contribution >= 0.6 is 0 Å². The van der Waals surface area contributed by atoms with E-state index >= 15 is 0 Å². The summed E-state index contributed by atoms with van der Waals surface area (Å²) in [7, 11) is 0. The van der Waals surface area contributed by atoms with Gasteiger partial charge < -0.3 is 174 Å². The molecule has 21 heterocycles. The predicted molar refractivity (Wildman–Crippen MR) is 238 cm³/mol. The van der Waals surface area contributed by atoms with Crippen LogP contribution in [0.1, 0.15) is 0 Å². The van der Waals surface area contributed by atoms with E-state index in [1.807, 2.05) is 0 Å². The van der Waals surface area contributed by atoms with Crippen molar-refractivity contribution >= 4 is 18.0 Å². The zero-order chi connectivity index (χ0) is 56.1. The van der Waals surface area contributed by atoms with Crippen LogP contribution in [0, 0.1) is 0 Å². The predicted octanol–water partition coefficient (Wildman–Crippen LogP) is -16.4. The molecule has 456 valence electrons. The molecule has 0 aromatic rings. The third-order valence-electron chi connectivity index (χ3n) is 14.8. The summed E-state index contributed by atoms with van der Waals surface area (Å²) in [5.74, 6) is 0. The van der Waals surface area contributed by atoms with Gasteiger partial charge in [-0.3, -0.25) is 0 Å². The van der Waals surface area contributed by atoms with E-state index in [0.717, 1.165) is 0 Å². The number of aliphatic hydroxyl groups excluding tert-OH is 21. The summed E-state index contributed by atoms with van der Waals surface area (Å²) in [6.07, 6.45) is -70.2. The Morgan fingerprint density at radius 3 is 0.359 bits per heavy atom. The van der Waals surface area contributed by atoms with Gasteiger partial charge in [0.1, 0.15) is 171 Å². The summed E-state index contributed by atoms with van der Waals surface area (Å²) in [6, 6.07) is 0. The van der Waals surface area contributed by atoms with Crippen molar-refractivity contribution in [3.05, 3.63) is 0 Å². The second kappa shape index (κ2) is 27.5. The number of hydrogen-bond acceptors (Lipinski definition) is 35. The number of ether oxygens (including phenoxy) is 14. The molecule has 21 rings (SSSR count). The number of aliphatic hydroxyl groups is 21. The normalized spacial score (nSPS) is 54.7. The minimum atomic E-state index is -2.21. The van der Waals surface area contributed by atoms with Crippen molar-refractivity contribution in [2.45, 2.75) is 215 Å². The summed E-state index contributed by atoms with van der Waals surface area (Å²) >= 11 is 0. The molecule has 0 spiro atoms.